The van der Waals surface area contributed by atoms with Gasteiger partial charge in [-0.2, -0.15) is 8.42 Å². The van der Waals surface area contributed by atoms with Crippen LogP contribution in [0.4, 0.5) is 0 Å². The number of carbonyl (C=O) groups excluding carboxylic acids is 1. The fraction of sp³-hybridized carbons (Fsp3) is 0.923. The summed E-state index contributed by atoms with van der Waals surface area (Å²) in [5.41, 5.74) is 0. The molecule has 0 aromatic carbocycles. The number of aliphatic hydroxyl groups excluding tert-OH is 1. The average Bonchev–Trinajstić information content (AvgIpc) is 2.36. The van der Waals surface area contributed by atoms with Gasteiger partial charge in [0.25, 0.3) is 0 Å². The van der Waals surface area contributed by atoms with Crippen LogP contribution in [0.3, 0.4) is 0 Å². The van der Waals surface area contributed by atoms with Crippen LogP contribution >= 0.6 is 0 Å². The molecule has 5 nitrogen and oxygen atoms in total. The monoisotopic (exact) mass is 317 g/mol. The van der Waals surface area contributed by atoms with Crippen LogP contribution in [-0.4, -0.2) is 55.0 Å². The molecule has 115 valence electrons. The van der Waals surface area contributed by atoms with Crippen molar-refractivity contribution in [2.45, 2.75) is 71.1 Å². The normalized spacial score (nSPS) is 10.9. The molecule has 0 aliphatic rings. The van der Waals surface area contributed by atoms with E-state index in [1.165, 1.54) is 32.1 Å². The van der Waals surface area contributed by atoms with E-state index in [9.17, 15) is 13.2 Å². The molecule has 0 aliphatic carbocycles. The van der Waals surface area contributed by atoms with Gasteiger partial charge in [-0.3, -0.25) is 4.79 Å². The number of carbonyl (C=O) groups is 1. The Balaban J connectivity index is 0. The third-order valence-electron chi connectivity index (χ3n) is 2.86. The number of rotatable bonds is 12. The van der Waals surface area contributed by atoms with E-state index in [1.807, 2.05) is 0 Å². The van der Waals surface area contributed by atoms with Crippen molar-refractivity contribution in [3.05, 3.63) is 0 Å². The first-order valence-corrected chi connectivity index (χ1v) is 8.65. The van der Waals surface area contributed by atoms with Crippen molar-refractivity contribution >= 4 is 45.6 Å². The van der Waals surface area contributed by atoms with Gasteiger partial charge in [-0.05, 0) is 6.42 Å². The van der Waals surface area contributed by atoms with Gasteiger partial charge < -0.3 is 9.29 Å². The molecule has 1 radical (unpaired) electrons. The van der Waals surface area contributed by atoms with Gasteiger partial charge in [0.15, 0.2) is 5.94 Å². The van der Waals surface area contributed by atoms with Crippen molar-refractivity contribution in [1.29, 1.82) is 0 Å². The zero-order valence-corrected chi connectivity index (χ0v) is 15.6. The van der Waals surface area contributed by atoms with Gasteiger partial charge >= 0.3 is 16.1 Å². The van der Waals surface area contributed by atoms with Crippen LogP contribution in [0.5, 0.6) is 0 Å². The van der Waals surface area contributed by atoms with Gasteiger partial charge in [0, 0.05) is 36.0 Å². The van der Waals surface area contributed by atoms with Crippen LogP contribution in [-0.2, 0) is 19.1 Å². The van der Waals surface area contributed by atoms with Crippen LogP contribution in [0.2, 0.25) is 0 Å². The third-order valence-corrected chi connectivity index (χ3v) is 3.62. The molecule has 0 aliphatic heterocycles. The predicted octanol–water partition coefficient (Wildman–Crippen LogP) is 2.35. The number of hydrogen-bond donors (Lipinski definition) is 1. The van der Waals surface area contributed by atoms with E-state index in [0.717, 1.165) is 19.3 Å². The summed E-state index contributed by atoms with van der Waals surface area (Å²) in [6.45, 7) is 2.19. The second-order valence-electron chi connectivity index (χ2n) is 4.72. The Labute approximate surface area is 144 Å². The third kappa shape index (κ3) is 14.8. The van der Waals surface area contributed by atoms with E-state index < -0.39 is 22.0 Å². The summed E-state index contributed by atoms with van der Waals surface area (Å²) in [4.78, 5) is 11.1. The standard InChI is InChI=1S/C13H26O5S.Na/c1-2-3-4-5-6-7-8-9-10-11-13(15)18-19(16,17)12-14;/h14H,2-12H2,1H3;. The van der Waals surface area contributed by atoms with Gasteiger partial charge in [-0.15, -0.1) is 0 Å². The minimum Gasteiger partial charge on any atom is -0.377 e. The SMILES string of the molecule is CCCCCCCCCCCC(=O)OS(=O)(=O)CO.[Na]. The molecule has 0 spiro atoms. The van der Waals surface area contributed by atoms with Crippen molar-refractivity contribution in [1.82, 2.24) is 0 Å². The first-order chi connectivity index (χ1) is 9.02. The van der Waals surface area contributed by atoms with Gasteiger partial charge in [0.1, 0.15) is 0 Å². The Hall–Kier alpha value is 0.380. The molecule has 7 heteroatoms. The number of unbranched alkanes of at least 4 members (excludes halogenated alkanes) is 8. The van der Waals surface area contributed by atoms with Gasteiger partial charge in [-0.1, -0.05) is 58.3 Å². The van der Waals surface area contributed by atoms with Crippen molar-refractivity contribution in [3.8, 4) is 0 Å². The van der Waals surface area contributed by atoms with Crippen LogP contribution in [0.1, 0.15) is 71.1 Å². The Morgan fingerprint density at radius 1 is 0.950 bits per heavy atom. The summed E-state index contributed by atoms with van der Waals surface area (Å²) in [6, 6.07) is 0. The molecule has 0 saturated carbocycles. The Kier molecular flexibility index (Phi) is 16.2. The van der Waals surface area contributed by atoms with Crippen LogP contribution < -0.4 is 0 Å². The minimum atomic E-state index is -4.07. The second kappa shape index (κ2) is 14.3. The maximum Gasteiger partial charge on any atom is 0.335 e. The van der Waals surface area contributed by atoms with E-state index in [-0.39, 0.29) is 36.0 Å². The first kappa shape index (κ1) is 22.7. The summed E-state index contributed by atoms with van der Waals surface area (Å²) in [5, 5.41) is 8.41. The Morgan fingerprint density at radius 3 is 1.85 bits per heavy atom. The predicted molar refractivity (Wildman–Crippen MR) is 79.7 cm³/mol. The van der Waals surface area contributed by atoms with Gasteiger partial charge in [-0.25, -0.2) is 0 Å². The molecule has 0 aromatic rings. The molecular formula is C13H26NaO5S. The smallest absolute Gasteiger partial charge is 0.335 e. The summed E-state index contributed by atoms with van der Waals surface area (Å²) in [6.07, 6.45) is 10.2. The maximum absolute atomic E-state index is 11.1. The topological polar surface area (TPSA) is 80.7 Å². The molecular weight excluding hydrogens is 291 g/mol. The maximum atomic E-state index is 11.1. The molecule has 20 heavy (non-hydrogen) atoms. The minimum absolute atomic E-state index is 0. The molecule has 1 N–H and O–H groups in total. The molecule has 0 unspecified atom stereocenters. The summed E-state index contributed by atoms with van der Waals surface area (Å²) >= 11 is 0. The number of hydrogen-bond acceptors (Lipinski definition) is 5. The molecule has 0 atom stereocenters. The van der Waals surface area contributed by atoms with Crippen LogP contribution in [0.15, 0.2) is 0 Å². The fourth-order valence-corrected chi connectivity index (χ4v) is 2.21. The Bertz CT molecular complexity index is 330. The summed E-state index contributed by atoms with van der Waals surface area (Å²) in [5.74, 6) is -1.94. The van der Waals surface area contributed by atoms with E-state index >= 15 is 0 Å². The quantitative estimate of drug-likeness (QED) is 0.339. The van der Waals surface area contributed by atoms with Crippen LogP contribution in [0, 0.1) is 0 Å². The van der Waals surface area contributed by atoms with Crippen LogP contribution in [0.25, 0.3) is 0 Å². The average molecular weight is 317 g/mol. The van der Waals surface area contributed by atoms with Crippen molar-refractivity contribution in [2.75, 3.05) is 5.94 Å². The Morgan fingerprint density at radius 2 is 1.40 bits per heavy atom. The van der Waals surface area contributed by atoms with Crippen molar-refractivity contribution in [3.63, 3.8) is 0 Å². The van der Waals surface area contributed by atoms with E-state index in [0.29, 0.717) is 6.42 Å². The zero-order chi connectivity index (χ0) is 14.6. The summed E-state index contributed by atoms with van der Waals surface area (Å²) < 4.78 is 25.7. The van der Waals surface area contributed by atoms with Gasteiger partial charge in [0.05, 0.1) is 0 Å². The number of aliphatic hydroxyl groups is 1. The van der Waals surface area contributed by atoms with E-state index in [4.69, 9.17) is 5.11 Å². The van der Waals surface area contributed by atoms with Crippen molar-refractivity contribution < 1.29 is 22.5 Å². The molecule has 0 saturated heterocycles. The van der Waals surface area contributed by atoms with Gasteiger partial charge in [0.2, 0.25) is 0 Å². The molecule has 0 aromatic heterocycles. The van der Waals surface area contributed by atoms with Crippen molar-refractivity contribution in [2.24, 2.45) is 0 Å². The van der Waals surface area contributed by atoms with E-state index in [2.05, 4.69) is 11.1 Å². The largest absolute Gasteiger partial charge is 0.377 e. The first-order valence-electron chi connectivity index (χ1n) is 7.07. The molecule has 0 rings (SSSR count). The summed E-state index contributed by atoms with van der Waals surface area (Å²) in [7, 11) is -4.07. The second-order valence-corrected chi connectivity index (χ2v) is 6.26. The molecule has 0 bridgehead atoms. The molecule has 0 amide bonds. The fourth-order valence-electron chi connectivity index (χ4n) is 1.79. The van der Waals surface area contributed by atoms with E-state index in [1.54, 1.807) is 0 Å². The molecule has 0 heterocycles. The zero-order valence-electron chi connectivity index (χ0n) is 12.8. The molecule has 0 fully saturated rings.